The van der Waals surface area contributed by atoms with Crippen molar-refractivity contribution < 1.29 is 9.47 Å². The summed E-state index contributed by atoms with van der Waals surface area (Å²) in [5.41, 5.74) is 1.11. The van der Waals surface area contributed by atoms with Crippen LogP contribution in [0.5, 0.6) is 11.5 Å². The summed E-state index contributed by atoms with van der Waals surface area (Å²) in [5.74, 6) is 1.96. The van der Waals surface area contributed by atoms with Crippen LogP contribution in [0, 0.1) is 0 Å². The average molecular weight is 305 g/mol. The molecule has 2 atom stereocenters. The Hall–Kier alpha value is -1.22. The van der Waals surface area contributed by atoms with Crippen molar-refractivity contribution in [2.45, 2.75) is 71.4 Å². The van der Waals surface area contributed by atoms with E-state index in [1.165, 1.54) is 18.4 Å². The van der Waals surface area contributed by atoms with Crippen LogP contribution in [0.4, 0.5) is 0 Å². The number of nitrogens with one attached hydrogen (secondary N) is 1. The van der Waals surface area contributed by atoms with Gasteiger partial charge in [-0.15, -0.1) is 0 Å². The van der Waals surface area contributed by atoms with Crippen molar-refractivity contribution in [3.8, 4) is 11.5 Å². The molecule has 0 amide bonds. The van der Waals surface area contributed by atoms with Crippen LogP contribution in [0.15, 0.2) is 18.2 Å². The Morgan fingerprint density at radius 3 is 2.77 bits per heavy atom. The van der Waals surface area contributed by atoms with Crippen LogP contribution in [0.2, 0.25) is 0 Å². The van der Waals surface area contributed by atoms with E-state index in [1.807, 2.05) is 6.07 Å². The van der Waals surface area contributed by atoms with Gasteiger partial charge in [-0.05, 0) is 44.9 Å². The van der Waals surface area contributed by atoms with Crippen LogP contribution < -0.4 is 14.8 Å². The number of fused-ring (bicyclic) bond motifs is 1. The van der Waals surface area contributed by atoms with E-state index in [-0.39, 0.29) is 5.60 Å². The Morgan fingerprint density at radius 1 is 1.27 bits per heavy atom. The van der Waals surface area contributed by atoms with Crippen molar-refractivity contribution in [3.63, 3.8) is 0 Å². The number of hydrogen-bond donors (Lipinski definition) is 1. The second-order valence-corrected chi connectivity index (χ2v) is 6.49. The SMILES string of the molecule is CCCCNC1CC(C)(CC)Oc2cccc(OCCC)c21. The molecule has 2 rings (SSSR count). The third kappa shape index (κ3) is 3.95. The molecule has 0 saturated carbocycles. The average Bonchev–Trinajstić information content (AvgIpc) is 2.52. The molecule has 0 saturated heterocycles. The summed E-state index contributed by atoms with van der Waals surface area (Å²) in [7, 11) is 0. The van der Waals surface area contributed by atoms with Gasteiger partial charge in [0.2, 0.25) is 0 Å². The van der Waals surface area contributed by atoms with Crippen LogP contribution in [-0.2, 0) is 0 Å². The van der Waals surface area contributed by atoms with E-state index >= 15 is 0 Å². The molecule has 3 heteroatoms. The van der Waals surface area contributed by atoms with Crippen LogP contribution in [0.25, 0.3) is 0 Å². The lowest BCUT2D eigenvalue weighted by atomic mass is 9.86. The van der Waals surface area contributed by atoms with Crippen LogP contribution in [0.3, 0.4) is 0 Å². The summed E-state index contributed by atoms with van der Waals surface area (Å²) in [6.07, 6.45) is 5.44. The van der Waals surface area contributed by atoms with Gasteiger partial charge in [0.15, 0.2) is 0 Å². The summed E-state index contributed by atoms with van der Waals surface area (Å²) >= 11 is 0. The molecule has 1 aromatic rings. The lowest BCUT2D eigenvalue weighted by molar-refractivity contribution is 0.0429. The molecule has 2 unspecified atom stereocenters. The zero-order chi connectivity index (χ0) is 16.0. The lowest BCUT2D eigenvalue weighted by Gasteiger charge is -2.40. The van der Waals surface area contributed by atoms with Crippen LogP contribution >= 0.6 is 0 Å². The van der Waals surface area contributed by atoms with E-state index in [0.29, 0.717) is 6.04 Å². The normalized spacial score (nSPS) is 23.7. The van der Waals surface area contributed by atoms with Gasteiger partial charge in [0.1, 0.15) is 17.1 Å². The molecule has 1 N–H and O–H groups in total. The fraction of sp³-hybridized carbons (Fsp3) is 0.684. The maximum atomic E-state index is 6.31. The molecule has 0 fully saturated rings. The Kier molecular flexibility index (Phi) is 6.13. The zero-order valence-corrected chi connectivity index (χ0v) is 14.6. The molecule has 3 nitrogen and oxygen atoms in total. The molecule has 0 spiro atoms. The molecule has 0 aromatic heterocycles. The largest absolute Gasteiger partial charge is 0.493 e. The minimum atomic E-state index is -0.0970. The monoisotopic (exact) mass is 305 g/mol. The van der Waals surface area contributed by atoms with Gasteiger partial charge in [-0.1, -0.05) is 33.3 Å². The standard InChI is InChI=1S/C19H31NO2/c1-5-8-12-20-15-14-19(4,7-3)22-17-11-9-10-16(18(15)17)21-13-6-2/h9-11,15,20H,5-8,12-14H2,1-4H3. The van der Waals surface area contributed by atoms with E-state index in [2.05, 4.69) is 45.1 Å². The number of benzene rings is 1. The predicted octanol–water partition coefficient (Wildman–Crippen LogP) is 4.86. The molecule has 1 heterocycles. The number of hydrogen-bond acceptors (Lipinski definition) is 3. The molecule has 1 aliphatic rings. The molecule has 1 aliphatic heterocycles. The van der Waals surface area contributed by atoms with Gasteiger partial charge < -0.3 is 14.8 Å². The van der Waals surface area contributed by atoms with Crippen molar-refractivity contribution in [1.29, 1.82) is 0 Å². The predicted molar refractivity (Wildman–Crippen MR) is 91.8 cm³/mol. The Morgan fingerprint density at radius 2 is 2.09 bits per heavy atom. The summed E-state index contributed by atoms with van der Waals surface area (Å²) in [6.45, 7) is 10.6. The number of rotatable bonds is 8. The zero-order valence-electron chi connectivity index (χ0n) is 14.6. The fourth-order valence-electron chi connectivity index (χ4n) is 2.98. The quantitative estimate of drug-likeness (QED) is 0.696. The molecule has 124 valence electrons. The summed E-state index contributed by atoms with van der Waals surface area (Å²) in [5, 5.41) is 3.73. The van der Waals surface area contributed by atoms with Crippen molar-refractivity contribution >= 4 is 0 Å². The highest BCUT2D eigenvalue weighted by atomic mass is 16.5. The van der Waals surface area contributed by atoms with Gasteiger partial charge >= 0.3 is 0 Å². The van der Waals surface area contributed by atoms with Crippen molar-refractivity contribution in [1.82, 2.24) is 5.32 Å². The van der Waals surface area contributed by atoms with Crippen LogP contribution in [0.1, 0.15) is 71.4 Å². The molecule has 0 aliphatic carbocycles. The Labute approximate surface area is 135 Å². The third-order valence-electron chi connectivity index (χ3n) is 4.50. The van der Waals surface area contributed by atoms with E-state index < -0.39 is 0 Å². The number of unbranched alkanes of at least 4 members (excludes halogenated alkanes) is 1. The van der Waals surface area contributed by atoms with Gasteiger partial charge in [0.05, 0.1) is 12.2 Å². The Balaban J connectivity index is 2.28. The maximum Gasteiger partial charge on any atom is 0.128 e. The van der Waals surface area contributed by atoms with E-state index in [4.69, 9.17) is 9.47 Å². The smallest absolute Gasteiger partial charge is 0.128 e. The molecular formula is C19H31NO2. The summed E-state index contributed by atoms with van der Waals surface area (Å²) in [4.78, 5) is 0. The highest BCUT2D eigenvalue weighted by molar-refractivity contribution is 5.49. The van der Waals surface area contributed by atoms with E-state index in [1.54, 1.807) is 0 Å². The molecule has 0 radical (unpaired) electrons. The first-order chi connectivity index (χ1) is 10.6. The van der Waals surface area contributed by atoms with Crippen molar-refractivity contribution in [2.24, 2.45) is 0 Å². The van der Waals surface area contributed by atoms with Gasteiger partial charge in [-0.3, -0.25) is 0 Å². The fourth-order valence-corrected chi connectivity index (χ4v) is 2.98. The first-order valence-electron chi connectivity index (χ1n) is 8.81. The second kappa shape index (κ2) is 7.87. The van der Waals surface area contributed by atoms with Crippen molar-refractivity contribution in [2.75, 3.05) is 13.2 Å². The van der Waals surface area contributed by atoms with E-state index in [9.17, 15) is 0 Å². The Bertz CT molecular complexity index is 475. The van der Waals surface area contributed by atoms with Crippen LogP contribution in [-0.4, -0.2) is 18.8 Å². The van der Waals surface area contributed by atoms with Gasteiger partial charge in [0, 0.05) is 12.5 Å². The second-order valence-electron chi connectivity index (χ2n) is 6.49. The lowest BCUT2D eigenvalue weighted by Crippen LogP contribution is -2.41. The minimum Gasteiger partial charge on any atom is -0.493 e. The molecule has 22 heavy (non-hydrogen) atoms. The summed E-state index contributed by atoms with van der Waals surface area (Å²) < 4.78 is 12.3. The number of ether oxygens (including phenoxy) is 2. The third-order valence-corrected chi connectivity index (χ3v) is 4.50. The van der Waals surface area contributed by atoms with Crippen molar-refractivity contribution in [3.05, 3.63) is 23.8 Å². The van der Waals surface area contributed by atoms with Gasteiger partial charge in [-0.2, -0.15) is 0 Å². The minimum absolute atomic E-state index is 0.0970. The first kappa shape index (κ1) is 17.1. The first-order valence-corrected chi connectivity index (χ1v) is 8.81. The highest BCUT2D eigenvalue weighted by Crippen LogP contribution is 2.45. The summed E-state index contributed by atoms with van der Waals surface area (Å²) in [6, 6.07) is 6.50. The highest BCUT2D eigenvalue weighted by Gasteiger charge is 2.37. The van der Waals surface area contributed by atoms with E-state index in [0.717, 1.165) is 43.9 Å². The topological polar surface area (TPSA) is 30.5 Å². The van der Waals surface area contributed by atoms with Gasteiger partial charge in [-0.25, -0.2) is 0 Å². The molecule has 0 bridgehead atoms. The maximum absolute atomic E-state index is 6.31. The molecular weight excluding hydrogens is 274 g/mol. The van der Waals surface area contributed by atoms with Gasteiger partial charge in [0.25, 0.3) is 0 Å². The molecule has 1 aromatic carbocycles.